The van der Waals surface area contributed by atoms with E-state index >= 15 is 0 Å². The van der Waals surface area contributed by atoms with E-state index in [1.165, 1.54) is 0 Å². The summed E-state index contributed by atoms with van der Waals surface area (Å²) >= 11 is 0. The third-order valence-corrected chi connectivity index (χ3v) is 6.03. The van der Waals surface area contributed by atoms with E-state index in [4.69, 9.17) is 9.47 Å². The van der Waals surface area contributed by atoms with Gasteiger partial charge in [0.25, 0.3) is 0 Å². The fourth-order valence-corrected chi connectivity index (χ4v) is 4.20. The second kappa shape index (κ2) is 11.5. The Morgan fingerprint density at radius 3 is 2.12 bits per heavy atom. The Labute approximate surface area is 159 Å². The van der Waals surface area contributed by atoms with Crippen molar-refractivity contribution in [3.05, 3.63) is 24.3 Å². The summed E-state index contributed by atoms with van der Waals surface area (Å²) in [6.07, 6.45) is 0. The summed E-state index contributed by atoms with van der Waals surface area (Å²) in [5.74, 6) is 0.901. The monoisotopic (exact) mass is 386 g/mol. The molecule has 0 spiro atoms. The van der Waals surface area contributed by atoms with Crippen molar-refractivity contribution in [2.75, 3.05) is 53.0 Å². The topological polar surface area (TPSA) is 59.1 Å². The lowest BCUT2D eigenvalue weighted by Gasteiger charge is -2.27. The summed E-state index contributed by atoms with van der Waals surface area (Å²) in [5.41, 5.74) is 0. The molecule has 0 N–H and O–H groups in total. The summed E-state index contributed by atoms with van der Waals surface area (Å²) in [4.78, 5) is 2.53. The molecule has 0 atom stereocenters. The number of methoxy groups -OCH3 is 1. The van der Waals surface area contributed by atoms with Crippen LogP contribution in [-0.4, -0.2) is 70.7 Å². The van der Waals surface area contributed by atoms with E-state index < -0.39 is 10.0 Å². The number of nitrogens with zero attached hydrogens (tertiary/aromatic N) is 2. The van der Waals surface area contributed by atoms with Gasteiger partial charge in [-0.1, -0.05) is 27.7 Å². The van der Waals surface area contributed by atoms with Gasteiger partial charge in [-0.15, -0.1) is 0 Å². The van der Waals surface area contributed by atoms with E-state index in [0.29, 0.717) is 36.9 Å². The number of hydrogen-bond donors (Lipinski definition) is 0. The zero-order valence-electron chi connectivity index (χ0n) is 16.8. The van der Waals surface area contributed by atoms with Crippen LogP contribution in [0.15, 0.2) is 29.2 Å². The van der Waals surface area contributed by atoms with Gasteiger partial charge in [-0.25, -0.2) is 8.42 Å². The Bertz CT molecular complexity index is 598. The van der Waals surface area contributed by atoms with E-state index in [-0.39, 0.29) is 5.92 Å². The molecule has 0 saturated carbocycles. The van der Waals surface area contributed by atoms with Gasteiger partial charge in [0.2, 0.25) is 10.0 Å². The van der Waals surface area contributed by atoms with E-state index in [1.54, 1.807) is 35.7 Å². The highest BCUT2D eigenvalue weighted by Crippen LogP contribution is 2.20. The molecule has 0 unspecified atom stereocenters. The second-order valence-corrected chi connectivity index (χ2v) is 8.53. The summed E-state index contributed by atoms with van der Waals surface area (Å²) in [5, 5.41) is 0. The number of hydrogen-bond acceptors (Lipinski definition) is 5. The Balaban J connectivity index is 2.89. The Morgan fingerprint density at radius 1 is 1.00 bits per heavy atom. The quantitative estimate of drug-likeness (QED) is 0.488. The van der Waals surface area contributed by atoms with Crippen molar-refractivity contribution in [1.29, 1.82) is 0 Å². The molecule has 0 heterocycles. The fourth-order valence-electron chi connectivity index (χ4n) is 2.61. The van der Waals surface area contributed by atoms with Crippen LogP contribution in [0.1, 0.15) is 27.7 Å². The van der Waals surface area contributed by atoms with Crippen LogP contribution in [0.25, 0.3) is 0 Å². The standard InChI is InChI=1S/C19H34N2O4S/c1-6-20(7-2)12-13-21(16-17(3)4)26(22,23)19-10-8-18(9-11-19)25-15-14-24-5/h8-11,17H,6-7,12-16H2,1-5H3. The maximum Gasteiger partial charge on any atom is 0.243 e. The summed E-state index contributed by atoms with van der Waals surface area (Å²) < 4.78 is 38.2. The molecular formula is C19H34N2O4S. The molecule has 26 heavy (non-hydrogen) atoms. The first kappa shape index (κ1) is 22.9. The number of benzene rings is 1. The molecular weight excluding hydrogens is 352 g/mol. The zero-order valence-corrected chi connectivity index (χ0v) is 17.6. The maximum atomic E-state index is 13.1. The summed E-state index contributed by atoms with van der Waals surface area (Å²) in [7, 11) is -1.91. The SMILES string of the molecule is CCN(CC)CCN(CC(C)C)S(=O)(=O)c1ccc(OCCOC)cc1. The van der Waals surface area contributed by atoms with Crippen LogP contribution in [0.4, 0.5) is 0 Å². The van der Waals surface area contributed by atoms with Gasteiger partial charge in [-0.2, -0.15) is 4.31 Å². The summed E-state index contributed by atoms with van der Waals surface area (Å²) in [6.45, 7) is 12.7. The predicted molar refractivity (Wildman–Crippen MR) is 105 cm³/mol. The van der Waals surface area contributed by atoms with Crippen LogP contribution >= 0.6 is 0 Å². The van der Waals surface area contributed by atoms with Gasteiger partial charge < -0.3 is 14.4 Å². The molecule has 1 aromatic carbocycles. The molecule has 0 bridgehead atoms. The van der Waals surface area contributed by atoms with Crippen LogP contribution in [0.5, 0.6) is 5.75 Å². The first-order valence-corrected chi connectivity index (χ1v) is 10.7. The predicted octanol–water partition coefficient (Wildman–Crippen LogP) is 2.70. The van der Waals surface area contributed by atoms with Gasteiger partial charge >= 0.3 is 0 Å². The lowest BCUT2D eigenvalue weighted by atomic mass is 10.2. The highest BCUT2D eigenvalue weighted by molar-refractivity contribution is 7.89. The minimum absolute atomic E-state index is 0.262. The molecule has 0 amide bonds. The average Bonchev–Trinajstić information content (AvgIpc) is 2.62. The number of rotatable bonds is 13. The number of likely N-dealkylation sites (N-methyl/N-ethyl adjacent to an activating group) is 1. The van der Waals surface area contributed by atoms with Crippen molar-refractivity contribution in [2.24, 2.45) is 5.92 Å². The molecule has 0 aliphatic rings. The van der Waals surface area contributed by atoms with Crippen LogP contribution in [0.3, 0.4) is 0 Å². The zero-order chi connectivity index (χ0) is 19.6. The van der Waals surface area contributed by atoms with Crippen molar-refractivity contribution in [1.82, 2.24) is 9.21 Å². The van der Waals surface area contributed by atoms with Gasteiger partial charge in [0.15, 0.2) is 0 Å². The smallest absolute Gasteiger partial charge is 0.243 e. The minimum atomic E-state index is -3.52. The van der Waals surface area contributed by atoms with E-state index in [2.05, 4.69) is 18.7 Å². The van der Waals surface area contributed by atoms with Crippen molar-refractivity contribution in [2.45, 2.75) is 32.6 Å². The lowest BCUT2D eigenvalue weighted by molar-refractivity contribution is 0.146. The van der Waals surface area contributed by atoms with Crippen LogP contribution < -0.4 is 4.74 Å². The molecule has 150 valence electrons. The second-order valence-electron chi connectivity index (χ2n) is 6.60. The molecule has 0 aliphatic heterocycles. The van der Waals surface area contributed by atoms with Crippen molar-refractivity contribution in [3.63, 3.8) is 0 Å². The third-order valence-electron chi connectivity index (χ3n) is 4.15. The molecule has 0 saturated heterocycles. The Morgan fingerprint density at radius 2 is 1.62 bits per heavy atom. The van der Waals surface area contributed by atoms with E-state index in [9.17, 15) is 8.42 Å². The minimum Gasteiger partial charge on any atom is -0.491 e. The van der Waals surface area contributed by atoms with Crippen molar-refractivity contribution < 1.29 is 17.9 Å². The molecule has 0 radical (unpaired) electrons. The van der Waals surface area contributed by atoms with Gasteiger partial charge in [-0.05, 0) is 43.3 Å². The number of ether oxygens (including phenoxy) is 2. The van der Waals surface area contributed by atoms with E-state index in [0.717, 1.165) is 19.6 Å². The van der Waals surface area contributed by atoms with Crippen LogP contribution in [-0.2, 0) is 14.8 Å². The molecule has 0 aliphatic carbocycles. The van der Waals surface area contributed by atoms with Crippen molar-refractivity contribution in [3.8, 4) is 5.75 Å². The molecule has 7 heteroatoms. The number of sulfonamides is 1. The molecule has 0 aromatic heterocycles. The van der Waals surface area contributed by atoms with Crippen molar-refractivity contribution >= 4 is 10.0 Å². The van der Waals surface area contributed by atoms with Gasteiger partial charge in [0.1, 0.15) is 12.4 Å². The maximum absolute atomic E-state index is 13.1. The van der Waals surface area contributed by atoms with Crippen LogP contribution in [0, 0.1) is 5.92 Å². The Kier molecular flexibility index (Phi) is 10.2. The first-order chi connectivity index (χ1) is 12.3. The lowest BCUT2D eigenvalue weighted by Crippen LogP contribution is -2.40. The van der Waals surface area contributed by atoms with Crippen LogP contribution in [0.2, 0.25) is 0 Å². The molecule has 6 nitrogen and oxygen atoms in total. The molecule has 1 aromatic rings. The Hall–Kier alpha value is -1.15. The van der Waals surface area contributed by atoms with E-state index in [1.807, 2.05) is 13.8 Å². The molecule has 0 fully saturated rings. The molecule has 1 rings (SSSR count). The highest BCUT2D eigenvalue weighted by Gasteiger charge is 2.25. The largest absolute Gasteiger partial charge is 0.491 e. The fraction of sp³-hybridized carbons (Fsp3) is 0.684. The van der Waals surface area contributed by atoms with Gasteiger partial charge in [0.05, 0.1) is 11.5 Å². The first-order valence-electron chi connectivity index (χ1n) is 9.29. The highest BCUT2D eigenvalue weighted by atomic mass is 32.2. The van der Waals surface area contributed by atoms with Gasteiger partial charge in [0, 0.05) is 26.7 Å². The van der Waals surface area contributed by atoms with Gasteiger partial charge in [-0.3, -0.25) is 0 Å². The normalized spacial score (nSPS) is 12.3. The third kappa shape index (κ3) is 7.23. The average molecular weight is 387 g/mol. The summed E-state index contributed by atoms with van der Waals surface area (Å²) in [6, 6.07) is 6.62.